The number of esters is 1. The molecular formula is C23H25N5O8PS+. The minimum absolute atomic E-state index is 0.0219. The van der Waals surface area contributed by atoms with Crippen LogP contribution >= 0.6 is 20.2 Å². The standard InChI is InChI=1S/C23H24N5O8PS/c1-4-34-23(37-32,35-5-2)38-15(10-33-14(3)29)11-36-27-13-26-18-19(27)24-12-25-20(18)28-21(30)16-8-6-7-9-17(16)22(28)31/h6-9,12-13,15H,4-5,10-11H2,1-3H3/p+1. The maximum atomic E-state index is 13.0. The molecule has 2 aromatic heterocycles. The molecule has 15 heteroatoms. The van der Waals surface area contributed by atoms with E-state index in [4.69, 9.17) is 19.0 Å². The van der Waals surface area contributed by atoms with Gasteiger partial charge < -0.3 is 19.0 Å². The van der Waals surface area contributed by atoms with Crippen LogP contribution in [-0.4, -0.2) is 74.0 Å². The van der Waals surface area contributed by atoms with Crippen molar-refractivity contribution >= 4 is 55.0 Å². The van der Waals surface area contributed by atoms with Crippen LogP contribution in [0.15, 0.2) is 36.9 Å². The molecule has 0 saturated heterocycles. The van der Waals surface area contributed by atoms with Crippen molar-refractivity contribution < 1.29 is 38.0 Å². The topological polar surface area (TPSA) is 152 Å². The largest absolute Gasteiger partial charge is 0.465 e. The molecule has 0 saturated carbocycles. The zero-order valence-electron chi connectivity index (χ0n) is 20.8. The Balaban J connectivity index is 1.58. The predicted octanol–water partition coefficient (Wildman–Crippen LogP) is 2.43. The number of anilines is 1. The number of amides is 2. The highest BCUT2D eigenvalue weighted by Crippen LogP contribution is 2.41. The first-order valence-corrected chi connectivity index (χ1v) is 13.4. The molecule has 2 amide bonds. The first-order chi connectivity index (χ1) is 18.3. The number of rotatable bonds is 13. The van der Waals surface area contributed by atoms with Crippen molar-refractivity contribution in [2.45, 2.75) is 30.9 Å². The number of thioether (sulfide) groups is 1. The van der Waals surface area contributed by atoms with Crippen LogP contribution < -0.4 is 9.74 Å². The minimum atomic E-state index is -1.46. The third kappa shape index (κ3) is 5.53. The minimum Gasteiger partial charge on any atom is -0.465 e. The molecule has 0 spiro atoms. The van der Waals surface area contributed by atoms with E-state index in [-0.39, 0.29) is 54.5 Å². The van der Waals surface area contributed by atoms with Crippen molar-refractivity contribution in [3.63, 3.8) is 0 Å². The van der Waals surface area contributed by atoms with Gasteiger partial charge in [0.1, 0.15) is 25.9 Å². The summed E-state index contributed by atoms with van der Waals surface area (Å²) in [6, 6.07) is 6.50. The summed E-state index contributed by atoms with van der Waals surface area (Å²) in [4.78, 5) is 55.4. The molecule has 2 atom stereocenters. The Labute approximate surface area is 223 Å². The van der Waals surface area contributed by atoms with E-state index >= 15 is 0 Å². The van der Waals surface area contributed by atoms with E-state index in [2.05, 4.69) is 15.0 Å². The second-order valence-electron chi connectivity index (χ2n) is 7.79. The predicted molar refractivity (Wildman–Crippen MR) is 137 cm³/mol. The second kappa shape index (κ2) is 11.9. The van der Waals surface area contributed by atoms with Crippen molar-refractivity contribution in [2.24, 2.45) is 0 Å². The molecule has 0 radical (unpaired) electrons. The lowest BCUT2D eigenvalue weighted by Gasteiger charge is -2.24. The molecule has 1 aliphatic rings. The quantitative estimate of drug-likeness (QED) is 0.130. The number of aromatic nitrogens is 4. The zero-order chi connectivity index (χ0) is 27.3. The van der Waals surface area contributed by atoms with Gasteiger partial charge in [-0.15, -0.1) is 0 Å². The van der Waals surface area contributed by atoms with Crippen LogP contribution in [0.3, 0.4) is 0 Å². The average Bonchev–Trinajstić information content (AvgIpc) is 3.44. The number of carbonyl (C=O) groups is 3. The summed E-state index contributed by atoms with van der Waals surface area (Å²) in [7, 11) is -0.968. The van der Waals surface area contributed by atoms with Crippen LogP contribution in [0.2, 0.25) is 0 Å². The van der Waals surface area contributed by atoms with Gasteiger partial charge in [-0.05, 0) is 37.7 Å². The second-order valence-corrected chi connectivity index (χ2v) is 10.5. The molecule has 13 nitrogen and oxygen atoms in total. The molecule has 0 bridgehead atoms. The lowest BCUT2D eigenvalue weighted by atomic mass is 10.1. The smallest absolute Gasteiger partial charge is 0.424 e. The van der Waals surface area contributed by atoms with Crippen LogP contribution in [0.4, 0.5) is 5.82 Å². The molecule has 2 unspecified atom stereocenters. The fourth-order valence-electron chi connectivity index (χ4n) is 3.72. The Morgan fingerprint density at radius 3 is 2.29 bits per heavy atom. The monoisotopic (exact) mass is 562 g/mol. The van der Waals surface area contributed by atoms with Crippen LogP contribution in [-0.2, 0) is 23.6 Å². The van der Waals surface area contributed by atoms with Crippen molar-refractivity contribution in [1.82, 2.24) is 19.7 Å². The first-order valence-electron chi connectivity index (χ1n) is 11.6. The van der Waals surface area contributed by atoms with Gasteiger partial charge in [0, 0.05) is 6.92 Å². The summed E-state index contributed by atoms with van der Waals surface area (Å²) in [5.74, 6) is -1.50. The van der Waals surface area contributed by atoms with Gasteiger partial charge in [-0.1, -0.05) is 16.7 Å². The summed E-state index contributed by atoms with van der Waals surface area (Å²) in [5.41, 5.74) is 0.924. The number of carbonyl (C=O) groups excluding carboxylic acids is 3. The molecule has 200 valence electrons. The molecular weight excluding hydrogens is 537 g/mol. The molecule has 38 heavy (non-hydrogen) atoms. The Kier molecular flexibility index (Phi) is 8.67. The van der Waals surface area contributed by atoms with Crippen molar-refractivity contribution in [2.75, 3.05) is 31.3 Å². The van der Waals surface area contributed by atoms with Crippen LogP contribution in [0.5, 0.6) is 0 Å². The summed E-state index contributed by atoms with van der Waals surface area (Å²) in [6.07, 6.45) is 2.52. The average molecular weight is 563 g/mol. The molecule has 1 aliphatic heterocycles. The van der Waals surface area contributed by atoms with E-state index in [1.54, 1.807) is 38.1 Å². The van der Waals surface area contributed by atoms with Crippen molar-refractivity contribution in [3.8, 4) is 0 Å². The molecule has 0 fully saturated rings. The highest BCUT2D eigenvalue weighted by atomic mass is 32.2. The van der Waals surface area contributed by atoms with Gasteiger partial charge in [-0.25, -0.2) is 19.9 Å². The van der Waals surface area contributed by atoms with Crippen LogP contribution in [0.25, 0.3) is 11.2 Å². The number of fused-ring (bicyclic) bond motifs is 2. The van der Waals surface area contributed by atoms with Gasteiger partial charge in [0.25, 0.3) is 11.8 Å². The Morgan fingerprint density at radius 2 is 1.71 bits per heavy atom. The molecule has 3 heterocycles. The Hall–Kier alpha value is -3.45. The van der Waals surface area contributed by atoms with Gasteiger partial charge in [-0.2, -0.15) is 4.73 Å². The summed E-state index contributed by atoms with van der Waals surface area (Å²) in [6.45, 7) is 5.12. The maximum Gasteiger partial charge on any atom is 0.424 e. The number of ether oxygens (including phenoxy) is 3. The number of hydrogen-bond donors (Lipinski definition) is 0. The van der Waals surface area contributed by atoms with E-state index in [1.165, 1.54) is 24.3 Å². The number of hydrogen-bond acceptors (Lipinski definition) is 12. The Bertz CT molecular complexity index is 1330. The normalized spacial score (nSPS) is 14.2. The SMILES string of the molecule is CCOC(OCC)([PH+]=O)SC(COC(C)=O)COn1cnc2c(N3C(=O)c4ccccc4C3=O)ncnc21. The van der Waals surface area contributed by atoms with Gasteiger partial charge in [-0.3, -0.25) is 14.4 Å². The third-order valence-corrected chi connectivity index (χ3v) is 7.57. The van der Waals surface area contributed by atoms with Gasteiger partial charge in [0.15, 0.2) is 11.3 Å². The molecule has 3 aromatic rings. The lowest BCUT2D eigenvalue weighted by Crippen LogP contribution is -2.34. The number of imide groups is 1. The fourth-order valence-corrected chi connectivity index (χ4v) is 5.90. The number of benzene rings is 1. The Morgan fingerprint density at radius 1 is 1.05 bits per heavy atom. The summed E-state index contributed by atoms with van der Waals surface area (Å²) in [5, 5.41) is -0.562. The lowest BCUT2D eigenvalue weighted by molar-refractivity contribution is -0.141. The van der Waals surface area contributed by atoms with Gasteiger partial charge in [0.05, 0.1) is 29.6 Å². The highest BCUT2D eigenvalue weighted by Gasteiger charge is 2.45. The van der Waals surface area contributed by atoms with E-state index in [0.717, 1.165) is 16.7 Å². The third-order valence-electron chi connectivity index (χ3n) is 5.28. The molecule has 0 aliphatic carbocycles. The number of nitrogens with zero attached hydrogens (tertiary/aromatic N) is 5. The summed E-state index contributed by atoms with van der Waals surface area (Å²) < 4.78 is 29.7. The van der Waals surface area contributed by atoms with E-state index in [1.807, 2.05) is 0 Å². The van der Waals surface area contributed by atoms with Gasteiger partial charge in [0.2, 0.25) is 5.65 Å². The fraction of sp³-hybridized carbons (Fsp3) is 0.391. The van der Waals surface area contributed by atoms with E-state index in [0.29, 0.717) is 0 Å². The molecule has 4 rings (SSSR count). The van der Waals surface area contributed by atoms with Crippen LogP contribution in [0.1, 0.15) is 41.5 Å². The zero-order valence-corrected chi connectivity index (χ0v) is 22.6. The van der Waals surface area contributed by atoms with Crippen LogP contribution in [0, 0.1) is 0 Å². The van der Waals surface area contributed by atoms with Gasteiger partial charge >= 0.3 is 19.3 Å². The summed E-state index contributed by atoms with van der Waals surface area (Å²) >= 11 is 1.06. The molecule has 1 aromatic carbocycles. The first kappa shape index (κ1) is 27.6. The van der Waals surface area contributed by atoms with E-state index in [9.17, 15) is 18.9 Å². The maximum absolute atomic E-state index is 13.0. The highest BCUT2D eigenvalue weighted by molar-refractivity contribution is 8.04. The van der Waals surface area contributed by atoms with Crippen molar-refractivity contribution in [1.29, 1.82) is 0 Å². The van der Waals surface area contributed by atoms with Crippen molar-refractivity contribution in [3.05, 3.63) is 48.0 Å². The molecule has 0 N–H and O–H groups in total. The van der Waals surface area contributed by atoms with E-state index < -0.39 is 36.4 Å². The number of imidazole rings is 1.